The smallest absolute Gasteiger partial charge is 0.122 e. The number of hydrogen-bond donors (Lipinski definition) is 0. The molecule has 3 rings (SSSR count). The van der Waals surface area contributed by atoms with Crippen molar-refractivity contribution in [2.75, 3.05) is 13.2 Å². The Morgan fingerprint density at radius 3 is 2.62 bits per heavy atom. The summed E-state index contributed by atoms with van der Waals surface area (Å²) < 4.78 is 5.96. The second-order valence-corrected chi connectivity index (χ2v) is 5.73. The molecule has 1 aliphatic rings. The molecule has 2 aromatic rings. The third kappa shape index (κ3) is 3.45. The Morgan fingerprint density at radius 1 is 1.05 bits per heavy atom. The monoisotopic (exact) mass is 281 g/mol. The van der Waals surface area contributed by atoms with Crippen molar-refractivity contribution in [1.82, 2.24) is 4.90 Å². The average molecular weight is 281 g/mol. The van der Waals surface area contributed by atoms with Gasteiger partial charge in [0.1, 0.15) is 12.4 Å². The minimum Gasteiger partial charge on any atom is -0.492 e. The molecule has 0 fully saturated rings. The number of nitrogens with zero attached hydrogens (tertiary/aromatic N) is 1. The molecule has 2 heteroatoms. The third-order valence-electron chi connectivity index (χ3n) is 4.12. The van der Waals surface area contributed by atoms with Crippen LogP contribution in [-0.4, -0.2) is 24.1 Å². The molecule has 0 bridgehead atoms. The molecule has 21 heavy (non-hydrogen) atoms. The van der Waals surface area contributed by atoms with Crippen molar-refractivity contribution in [2.45, 2.75) is 32.4 Å². The van der Waals surface area contributed by atoms with Gasteiger partial charge < -0.3 is 4.74 Å². The first-order valence-corrected chi connectivity index (χ1v) is 7.85. The van der Waals surface area contributed by atoms with Crippen LogP contribution in [0.5, 0.6) is 5.75 Å². The molecule has 0 saturated heterocycles. The van der Waals surface area contributed by atoms with E-state index in [1.54, 1.807) is 0 Å². The Hall–Kier alpha value is -1.80. The first kappa shape index (κ1) is 14.2. The third-order valence-corrected chi connectivity index (χ3v) is 4.12. The highest BCUT2D eigenvalue weighted by Gasteiger charge is 2.24. The summed E-state index contributed by atoms with van der Waals surface area (Å²) in [5.41, 5.74) is 2.72. The Bertz CT molecular complexity index is 567. The van der Waals surface area contributed by atoms with Crippen molar-refractivity contribution < 1.29 is 4.74 Å². The molecular formula is C19H23NO. The fourth-order valence-electron chi connectivity index (χ4n) is 3.04. The van der Waals surface area contributed by atoms with Crippen molar-refractivity contribution in [1.29, 1.82) is 0 Å². The topological polar surface area (TPSA) is 12.5 Å². The zero-order valence-electron chi connectivity index (χ0n) is 12.7. The van der Waals surface area contributed by atoms with Crippen LogP contribution in [-0.2, 0) is 13.0 Å². The Morgan fingerprint density at radius 2 is 1.81 bits per heavy atom. The van der Waals surface area contributed by atoms with Gasteiger partial charge in [-0.2, -0.15) is 0 Å². The lowest BCUT2D eigenvalue weighted by molar-refractivity contribution is 0.113. The number of rotatable bonds is 5. The first-order valence-electron chi connectivity index (χ1n) is 7.85. The van der Waals surface area contributed by atoms with Crippen LogP contribution in [0.15, 0.2) is 54.6 Å². The predicted molar refractivity (Wildman–Crippen MR) is 86.6 cm³/mol. The quantitative estimate of drug-likeness (QED) is 0.824. The molecule has 0 aliphatic carbocycles. The van der Waals surface area contributed by atoms with Gasteiger partial charge in [0.15, 0.2) is 0 Å². The molecule has 0 saturated carbocycles. The molecule has 0 spiro atoms. The molecule has 0 N–H and O–H groups in total. The number of para-hydroxylation sites is 1. The largest absolute Gasteiger partial charge is 0.492 e. The standard InChI is InChI=1S/C19H23NO/c1-2-12-20(14-16-8-4-3-5-9-16)18-13-17-10-6-7-11-19(17)21-15-18/h3-11,18H,2,12-15H2,1H3/t18-/m0/s1. The summed E-state index contributed by atoms with van der Waals surface area (Å²) in [4.78, 5) is 2.56. The van der Waals surface area contributed by atoms with E-state index in [4.69, 9.17) is 4.74 Å². The lowest BCUT2D eigenvalue weighted by Crippen LogP contribution is -2.43. The maximum absolute atomic E-state index is 5.96. The summed E-state index contributed by atoms with van der Waals surface area (Å²) in [6, 6.07) is 19.6. The van der Waals surface area contributed by atoms with Crippen LogP contribution in [0.3, 0.4) is 0 Å². The number of benzene rings is 2. The summed E-state index contributed by atoms with van der Waals surface area (Å²) in [5.74, 6) is 1.06. The van der Waals surface area contributed by atoms with Crippen molar-refractivity contribution in [3.05, 3.63) is 65.7 Å². The second-order valence-electron chi connectivity index (χ2n) is 5.73. The van der Waals surface area contributed by atoms with Gasteiger partial charge in [0, 0.05) is 12.6 Å². The lowest BCUT2D eigenvalue weighted by Gasteiger charge is -2.35. The van der Waals surface area contributed by atoms with Gasteiger partial charge in [0.05, 0.1) is 0 Å². The van der Waals surface area contributed by atoms with E-state index in [-0.39, 0.29) is 0 Å². The summed E-state index contributed by atoms with van der Waals surface area (Å²) in [6.07, 6.45) is 2.26. The van der Waals surface area contributed by atoms with Gasteiger partial charge in [-0.1, -0.05) is 55.5 Å². The minimum absolute atomic E-state index is 0.472. The van der Waals surface area contributed by atoms with E-state index in [0.717, 1.165) is 31.9 Å². The van der Waals surface area contributed by atoms with E-state index >= 15 is 0 Å². The van der Waals surface area contributed by atoms with E-state index in [0.29, 0.717) is 6.04 Å². The number of ether oxygens (including phenoxy) is 1. The zero-order chi connectivity index (χ0) is 14.5. The molecule has 2 aromatic carbocycles. The maximum atomic E-state index is 5.96. The van der Waals surface area contributed by atoms with Gasteiger partial charge in [-0.3, -0.25) is 4.90 Å². The summed E-state index contributed by atoms with van der Waals surface area (Å²) in [7, 11) is 0. The Labute approximate surface area is 127 Å². The Balaban J connectivity index is 1.73. The van der Waals surface area contributed by atoms with Gasteiger partial charge in [-0.25, -0.2) is 0 Å². The molecule has 2 nitrogen and oxygen atoms in total. The fraction of sp³-hybridized carbons (Fsp3) is 0.368. The van der Waals surface area contributed by atoms with E-state index in [1.807, 2.05) is 6.07 Å². The van der Waals surface area contributed by atoms with Crippen LogP contribution < -0.4 is 4.74 Å². The fourth-order valence-corrected chi connectivity index (χ4v) is 3.04. The SMILES string of the molecule is CCCN(Cc1ccccc1)[C@@H]1COc2ccccc2C1. The summed E-state index contributed by atoms with van der Waals surface area (Å²) in [5, 5.41) is 0. The first-order chi connectivity index (χ1) is 10.4. The predicted octanol–water partition coefficient (Wildman–Crippen LogP) is 3.90. The van der Waals surface area contributed by atoms with Crippen molar-refractivity contribution in [3.63, 3.8) is 0 Å². The maximum Gasteiger partial charge on any atom is 0.122 e. The molecule has 1 atom stereocenters. The van der Waals surface area contributed by atoms with E-state index in [9.17, 15) is 0 Å². The van der Waals surface area contributed by atoms with Gasteiger partial charge in [-0.05, 0) is 36.6 Å². The van der Waals surface area contributed by atoms with Crippen molar-refractivity contribution in [3.8, 4) is 5.75 Å². The second kappa shape index (κ2) is 6.77. The van der Waals surface area contributed by atoms with Crippen LogP contribution in [0.1, 0.15) is 24.5 Å². The van der Waals surface area contributed by atoms with Crippen molar-refractivity contribution in [2.24, 2.45) is 0 Å². The van der Waals surface area contributed by atoms with E-state index < -0.39 is 0 Å². The Kier molecular flexibility index (Phi) is 4.56. The molecule has 0 aromatic heterocycles. The number of hydrogen-bond acceptors (Lipinski definition) is 2. The summed E-state index contributed by atoms with van der Waals surface area (Å²) in [6.45, 7) is 5.16. The van der Waals surface area contributed by atoms with Gasteiger partial charge >= 0.3 is 0 Å². The van der Waals surface area contributed by atoms with Crippen LogP contribution in [0.2, 0.25) is 0 Å². The van der Waals surface area contributed by atoms with Gasteiger partial charge in [-0.15, -0.1) is 0 Å². The molecule has 0 unspecified atom stereocenters. The molecule has 0 amide bonds. The molecule has 0 radical (unpaired) electrons. The van der Waals surface area contributed by atoms with Crippen LogP contribution in [0.4, 0.5) is 0 Å². The van der Waals surface area contributed by atoms with Crippen molar-refractivity contribution >= 4 is 0 Å². The highest BCUT2D eigenvalue weighted by molar-refractivity contribution is 5.35. The highest BCUT2D eigenvalue weighted by atomic mass is 16.5. The zero-order valence-corrected chi connectivity index (χ0v) is 12.7. The molecule has 1 aliphatic heterocycles. The van der Waals surface area contributed by atoms with E-state index in [2.05, 4.69) is 60.4 Å². The van der Waals surface area contributed by atoms with Crippen LogP contribution >= 0.6 is 0 Å². The van der Waals surface area contributed by atoms with Crippen LogP contribution in [0.25, 0.3) is 0 Å². The van der Waals surface area contributed by atoms with Gasteiger partial charge in [0.25, 0.3) is 0 Å². The summed E-state index contributed by atoms with van der Waals surface area (Å²) >= 11 is 0. The van der Waals surface area contributed by atoms with E-state index in [1.165, 1.54) is 17.5 Å². The molecule has 1 heterocycles. The van der Waals surface area contributed by atoms with Crippen LogP contribution in [0, 0.1) is 0 Å². The molecular weight excluding hydrogens is 258 g/mol. The lowest BCUT2D eigenvalue weighted by atomic mass is 10.0. The molecule has 110 valence electrons. The van der Waals surface area contributed by atoms with Gasteiger partial charge in [0.2, 0.25) is 0 Å². The average Bonchev–Trinajstić information content (AvgIpc) is 2.55. The number of fused-ring (bicyclic) bond motifs is 1. The minimum atomic E-state index is 0.472. The normalized spacial score (nSPS) is 17.3. The highest BCUT2D eigenvalue weighted by Crippen LogP contribution is 2.26.